The average molecular weight is 195 g/mol. The zero-order valence-electron chi connectivity index (χ0n) is 8.79. The minimum atomic E-state index is -0.102. The van der Waals surface area contributed by atoms with Crippen LogP contribution in [0.4, 0.5) is 0 Å². The van der Waals surface area contributed by atoms with Crippen molar-refractivity contribution in [2.24, 2.45) is 5.92 Å². The fourth-order valence-corrected chi connectivity index (χ4v) is 2.12. The van der Waals surface area contributed by atoms with Crippen molar-refractivity contribution in [3.05, 3.63) is 0 Å². The summed E-state index contributed by atoms with van der Waals surface area (Å²) in [6, 6.07) is 0.174. The first-order valence-electron chi connectivity index (χ1n) is 5.08. The van der Waals surface area contributed by atoms with E-state index in [-0.39, 0.29) is 24.5 Å². The number of aliphatic hydroxyl groups is 1. The highest BCUT2D eigenvalue weighted by atomic mass is 16.3. The Hall–Kier alpha value is -1.01. The van der Waals surface area contributed by atoms with E-state index in [0.717, 1.165) is 19.4 Å². The van der Waals surface area contributed by atoms with Gasteiger partial charge in [-0.15, -0.1) is 0 Å². The lowest BCUT2D eigenvalue weighted by atomic mass is 9.99. The Labute approximate surface area is 85.1 Å². The Morgan fingerprint density at radius 3 is 2.86 bits per heavy atom. The zero-order valence-corrected chi connectivity index (χ0v) is 8.79. The van der Waals surface area contributed by atoms with Gasteiger partial charge in [-0.25, -0.2) is 0 Å². The molecule has 2 unspecified atom stereocenters. The largest absolute Gasteiger partial charge is 0.396 e. The summed E-state index contributed by atoms with van der Waals surface area (Å²) >= 11 is 0. The standard InChI is InChI=1S/C11H17NO2/c1-3-5-11(14)12-7-6-9(8-13)10(12)4-2/h9-10,13H,4,6-8H2,1-2H3. The molecule has 3 nitrogen and oxygen atoms in total. The second-order valence-electron chi connectivity index (χ2n) is 3.58. The molecule has 0 aromatic rings. The highest BCUT2D eigenvalue weighted by Crippen LogP contribution is 2.26. The number of nitrogens with zero attached hydrogens (tertiary/aromatic N) is 1. The zero-order chi connectivity index (χ0) is 10.6. The first kappa shape index (κ1) is 11.1. The van der Waals surface area contributed by atoms with Crippen LogP contribution in [0.25, 0.3) is 0 Å². The summed E-state index contributed by atoms with van der Waals surface area (Å²) in [5.74, 6) is 5.31. The maximum absolute atomic E-state index is 11.5. The smallest absolute Gasteiger partial charge is 0.298 e. The lowest BCUT2D eigenvalue weighted by Crippen LogP contribution is -2.37. The lowest BCUT2D eigenvalue weighted by Gasteiger charge is -2.24. The van der Waals surface area contributed by atoms with Crippen LogP contribution in [0.2, 0.25) is 0 Å². The van der Waals surface area contributed by atoms with Crippen LogP contribution in [-0.4, -0.2) is 35.1 Å². The molecule has 14 heavy (non-hydrogen) atoms. The molecule has 1 fully saturated rings. The summed E-state index contributed by atoms with van der Waals surface area (Å²) in [5.41, 5.74) is 0. The van der Waals surface area contributed by atoms with Gasteiger partial charge in [-0.2, -0.15) is 0 Å². The van der Waals surface area contributed by atoms with Crippen molar-refractivity contribution >= 4 is 5.91 Å². The molecular weight excluding hydrogens is 178 g/mol. The van der Waals surface area contributed by atoms with Crippen LogP contribution in [0.5, 0.6) is 0 Å². The fourth-order valence-electron chi connectivity index (χ4n) is 2.12. The molecular formula is C11H17NO2. The highest BCUT2D eigenvalue weighted by Gasteiger charge is 2.34. The minimum Gasteiger partial charge on any atom is -0.396 e. The molecule has 0 bridgehead atoms. The normalized spacial score (nSPS) is 25.8. The van der Waals surface area contributed by atoms with E-state index in [4.69, 9.17) is 5.11 Å². The predicted octanol–water partition coefficient (Wildman–Crippen LogP) is 0.629. The molecule has 1 saturated heterocycles. The summed E-state index contributed by atoms with van der Waals surface area (Å²) in [7, 11) is 0. The lowest BCUT2D eigenvalue weighted by molar-refractivity contribution is -0.126. The number of carbonyl (C=O) groups excluding carboxylic acids is 1. The Morgan fingerprint density at radius 1 is 1.64 bits per heavy atom. The first-order valence-corrected chi connectivity index (χ1v) is 5.08. The second-order valence-corrected chi connectivity index (χ2v) is 3.58. The molecule has 0 aromatic carbocycles. The van der Waals surface area contributed by atoms with Crippen LogP contribution in [0.1, 0.15) is 26.7 Å². The Balaban J connectivity index is 2.69. The molecule has 1 heterocycles. The van der Waals surface area contributed by atoms with Crippen molar-refractivity contribution in [1.82, 2.24) is 4.90 Å². The van der Waals surface area contributed by atoms with Gasteiger partial charge in [0.25, 0.3) is 5.91 Å². The van der Waals surface area contributed by atoms with E-state index >= 15 is 0 Å². The Bertz CT molecular complexity index is 264. The van der Waals surface area contributed by atoms with Gasteiger partial charge in [0.1, 0.15) is 0 Å². The van der Waals surface area contributed by atoms with Crippen molar-refractivity contribution in [2.75, 3.05) is 13.2 Å². The van der Waals surface area contributed by atoms with Crippen LogP contribution in [0.15, 0.2) is 0 Å². The summed E-state index contributed by atoms with van der Waals surface area (Å²) in [4.78, 5) is 13.3. The third kappa shape index (κ3) is 2.08. The molecule has 1 N–H and O–H groups in total. The number of likely N-dealkylation sites (tertiary alicyclic amines) is 1. The van der Waals surface area contributed by atoms with E-state index in [0.29, 0.717) is 0 Å². The summed E-state index contributed by atoms with van der Waals surface area (Å²) in [5, 5.41) is 9.12. The molecule has 0 aromatic heterocycles. The molecule has 0 aliphatic carbocycles. The van der Waals surface area contributed by atoms with Gasteiger partial charge < -0.3 is 10.0 Å². The van der Waals surface area contributed by atoms with Crippen LogP contribution < -0.4 is 0 Å². The number of hydrogen-bond acceptors (Lipinski definition) is 2. The second kappa shape index (κ2) is 5.02. The van der Waals surface area contributed by atoms with Gasteiger partial charge >= 0.3 is 0 Å². The van der Waals surface area contributed by atoms with Gasteiger partial charge in [0, 0.05) is 25.1 Å². The van der Waals surface area contributed by atoms with Crippen LogP contribution in [0, 0.1) is 17.8 Å². The highest BCUT2D eigenvalue weighted by molar-refractivity contribution is 5.93. The Kier molecular flexibility index (Phi) is 3.97. The van der Waals surface area contributed by atoms with E-state index in [1.165, 1.54) is 0 Å². The van der Waals surface area contributed by atoms with Crippen LogP contribution in [0.3, 0.4) is 0 Å². The number of carbonyl (C=O) groups is 1. The predicted molar refractivity (Wildman–Crippen MR) is 54.4 cm³/mol. The van der Waals surface area contributed by atoms with Crippen molar-refractivity contribution in [2.45, 2.75) is 32.7 Å². The quantitative estimate of drug-likeness (QED) is 0.656. The van der Waals surface area contributed by atoms with E-state index in [2.05, 4.69) is 11.8 Å². The first-order chi connectivity index (χ1) is 6.74. The fraction of sp³-hybridized carbons (Fsp3) is 0.727. The number of hydrogen-bond donors (Lipinski definition) is 1. The minimum absolute atomic E-state index is 0.102. The van der Waals surface area contributed by atoms with Crippen molar-refractivity contribution in [3.63, 3.8) is 0 Å². The molecule has 1 aliphatic heterocycles. The number of aliphatic hydroxyl groups excluding tert-OH is 1. The van der Waals surface area contributed by atoms with Gasteiger partial charge in [-0.3, -0.25) is 4.79 Å². The number of amides is 1. The van der Waals surface area contributed by atoms with Gasteiger partial charge in [0.15, 0.2) is 0 Å². The SMILES string of the molecule is CC#CC(=O)N1CCC(CO)C1CC. The van der Waals surface area contributed by atoms with Gasteiger partial charge in [0.05, 0.1) is 0 Å². The van der Waals surface area contributed by atoms with E-state index < -0.39 is 0 Å². The molecule has 0 spiro atoms. The van der Waals surface area contributed by atoms with Gasteiger partial charge in [0.2, 0.25) is 0 Å². The maximum atomic E-state index is 11.5. The molecule has 2 atom stereocenters. The summed E-state index contributed by atoms with van der Waals surface area (Å²) in [6.07, 6.45) is 1.79. The third-order valence-electron chi connectivity index (χ3n) is 2.83. The van der Waals surface area contributed by atoms with Gasteiger partial charge in [-0.1, -0.05) is 12.8 Å². The molecule has 3 heteroatoms. The molecule has 0 saturated carbocycles. The maximum Gasteiger partial charge on any atom is 0.298 e. The van der Waals surface area contributed by atoms with Crippen molar-refractivity contribution in [3.8, 4) is 11.8 Å². The molecule has 1 amide bonds. The van der Waals surface area contributed by atoms with E-state index in [9.17, 15) is 4.79 Å². The summed E-state index contributed by atoms with van der Waals surface area (Å²) in [6.45, 7) is 4.61. The summed E-state index contributed by atoms with van der Waals surface area (Å²) < 4.78 is 0. The topological polar surface area (TPSA) is 40.5 Å². The Morgan fingerprint density at radius 2 is 2.36 bits per heavy atom. The third-order valence-corrected chi connectivity index (χ3v) is 2.83. The van der Waals surface area contributed by atoms with Gasteiger partial charge in [-0.05, 0) is 25.7 Å². The molecule has 1 aliphatic rings. The molecule has 0 radical (unpaired) electrons. The van der Waals surface area contributed by atoms with E-state index in [1.807, 2.05) is 6.92 Å². The molecule has 1 rings (SSSR count). The number of rotatable bonds is 2. The van der Waals surface area contributed by atoms with Crippen LogP contribution >= 0.6 is 0 Å². The monoisotopic (exact) mass is 195 g/mol. The average Bonchev–Trinajstić information content (AvgIpc) is 2.60. The van der Waals surface area contributed by atoms with E-state index in [1.54, 1.807) is 11.8 Å². The molecule has 78 valence electrons. The van der Waals surface area contributed by atoms with Crippen molar-refractivity contribution < 1.29 is 9.90 Å². The van der Waals surface area contributed by atoms with Crippen molar-refractivity contribution in [1.29, 1.82) is 0 Å². The van der Waals surface area contributed by atoms with Crippen LogP contribution in [-0.2, 0) is 4.79 Å².